The van der Waals surface area contributed by atoms with Gasteiger partial charge in [-0.2, -0.15) is 5.10 Å². The number of nitrogen functional groups attached to an aromatic ring is 1. The van der Waals surface area contributed by atoms with E-state index in [1.165, 1.54) is 12.1 Å². The summed E-state index contributed by atoms with van der Waals surface area (Å²) in [4.78, 5) is 12.0. The number of carbonyl (C=O) groups excluding carboxylic acids is 1. The first-order valence-electron chi connectivity index (χ1n) is 5.62. The highest BCUT2D eigenvalue weighted by Gasteiger charge is 2.18. The molecule has 2 aromatic rings. The third-order valence-corrected chi connectivity index (χ3v) is 3.31. The Kier molecular flexibility index (Phi) is 3.84. The summed E-state index contributed by atoms with van der Waals surface area (Å²) < 4.78 is 14.0. The van der Waals surface area contributed by atoms with Crippen molar-refractivity contribution in [2.24, 2.45) is 0 Å². The maximum atomic E-state index is 13.6. The van der Waals surface area contributed by atoms with Crippen LogP contribution in [-0.2, 0) is 6.42 Å². The fraction of sp³-hybridized carbons (Fsp3) is 0.167. The number of H-pyrrole nitrogens is 1. The quantitative estimate of drug-likeness (QED) is 0.810. The molecule has 1 aromatic carbocycles. The molecule has 7 heteroatoms. The zero-order valence-electron chi connectivity index (χ0n) is 10.1. The van der Waals surface area contributed by atoms with Gasteiger partial charge >= 0.3 is 0 Å². The number of anilines is 2. The number of benzene rings is 1. The number of para-hydroxylation sites is 1. The SMILES string of the molecule is CCc1[nH]nc(C(=O)Nc2c(F)cccc2Br)c1N. The van der Waals surface area contributed by atoms with Gasteiger partial charge in [-0.3, -0.25) is 9.89 Å². The van der Waals surface area contributed by atoms with Gasteiger partial charge in [0.1, 0.15) is 5.82 Å². The molecule has 0 spiro atoms. The van der Waals surface area contributed by atoms with Crippen molar-refractivity contribution >= 4 is 33.2 Å². The molecule has 4 N–H and O–H groups in total. The molecular weight excluding hydrogens is 315 g/mol. The highest BCUT2D eigenvalue weighted by atomic mass is 79.9. The minimum Gasteiger partial charge on any atom is -0.395 e. The number of nitrogens with one attached hydrogen (secondary N) is 2. The van der Waals surface area contributed by atoms with Crippen LogP contribution in [-0.4, -0.2) is 16.1 Å². The lowest BCUT2D eigenvalue weighted by molar-refractivity contribution is 0.102. The number of rotatable bonds is 3. The first-order chi connectivity index (χ1) is 9.04. The molecule has 1 aromatic heterocycles. The number of nitrogens with two attached hydrogens (primary N) is 1. The monoisotopic (exact) mass is 326 g/mol. The molecule has 19 heavy (non-hydrogen) atoms. The van der Waals surface area contributed by atoms with E-state index >= 15 is 0 Å². The molecule has 1 heterocycles. The number of aryl methyl sites for hydroxylation is 1. The predicted octanol–water partition coefficient (Wildman–Crippen LogP) is 2.71. The smallest absolute Gasteiger partial charge is 0.278 e. The van der Waals surface area contributed by atoms with Gasteiger partial charge in [0, 0.05) is 4.47 Å². The summed E-state index contributed by atoms with van der Waals surface area (Å²) in [5.41, 5.74) is 6.87. The number of aromatic amines is 1. The Hall–Kier alpha value is -1.89. The largest absolute Gasteiger partial charge is 0.395 e. The number of carbonyl (C=O) groups is 1. The number of hydrogen-bond donors (Lipinski definition) is 3. The number of aromatic nitrogens is 2. The molecule has 0 aliphatic rings. The number of nitrogens with zero attached hydrogens (tertiary/aromatic N) is 1. The number of hydrogen-bond acceptors (Lipinski definition) is 3. The van der Waals surface area contributed by atoms with E-state index in [4.69, 9.17) is 5.73 Å². The number of halogens is 2. The fourth-order valence-corrected chi connectivity index (χ4v) is 2.06. The Morgan fingerprint density at radius 1 is 1.58 bits per heavy atom. The second-order valence-corrected chi connectivity index (χ2v) is 4.72. The van der Waals surface area contributed by atoms with Gasteiger partial charge in [-0.05, 0) is 34.5 Å². The Balaban J connectivity index is 2.28. The summed E-state index contributed by atoms with van der Waals surface area (Å²) in [5, 5.41) is 8.97. The maximum Gasteiger partial charge on any atom is 0.278 e. The van der Waals surface area contributed by atoms with Crippen LogP contribution in [0.15, 0.2) is 22.7 Å². The second kappa shape index (κ2) is 5.40. The van der Waals surface area contributed by atoms with Crippen LogP contribution in [0.5, 0.6) is 0 Å². The fourth-order valence-electron chi connectivity index (χ4n) is 1.62. The van der Waals surface area contributed by atoms with Gasteiger partial charge in [-0.15, -0.1) is 0 Å². The van der Waals surface area contributed by atoms with E-state index in [1.54, 1.807) is 6.07 Å². The summed E-state index contributed by atoms with van der Waals surface area (Å²) in [6.07, 6.45) is 0.634. The molecule has 0 aliphatic heterocycles. The highest BCUT2D eigenvalue weighted by Crippen LogP contribution is 2.26. The van der Waals surface area contributed by atoms with Gasteiger partial charge in [0.25, 0.3) is 5.91 Å². The van der Waals surface area contributed by atoms with E-state index in [1.807, 2.05) is 6.92 Å². The van der Waals surface area contributed by atoms with Gasteiger partial charge < -0.3 is 11.1 Å². The lowest BCUT2D eigenvalue weighted by Gasteiger charge is -2.07. The van der Waals surface area contributed by atoms with Crippen LogP contribution >= 0.6 is 15.9 Å². The predicted molar refractivity (Wildman–Crippen MR) is 74.4 cm³/mol. The van der Waals surface area contributed by atoms with Crippen LogP contribution in [0.2, 0.25) is 0 Å². The standard InChI is InChI=1S/C12H12BrFN4O/c1-2-8-9(15)11(18-17-8)12(19)16-10-6(13)4-3-5-7(10)14/h3-5H,2,15H2,1H3,(H,16,19)(H,17,18). The average molecular weight is 327 g/mol. The minimum absolute atomic E-state index is 0.0620. The lowest BCUT2D eigenvalue weighted by atomic mass is 10.2. The van der Waals surface area contributed by atoms with Crippen molar-refractivity contribution in [3.63, 3.8) is 0 Å². The molecule has 0 saturated heterocycles. The van der Waals surface area contributed by atoms with Gasteiger partial charge in [0.2, 0.25) is 0 Å². The molecular formula is C12H12BrFN4O. The first-order valence-corrected chi connectivity index (χ1v) is 6.42. The zero-order valence-corrected chi connectivity index (χ0v) is 11.7. The maximum absolute atomic E-state index is 13.6. The molecule has 0 unspecified atom stereocenters. The van der Waals surface area contributed by atoms with Crippen LogP contribution < -0.4 is 11.1 Å². The molecule has 0 bridgehead atoms. The normalized spacial score (nSPS) is 10.5. The summed E-state index contributed by atoms with van der Waals surface area (Å²) in [6, 6.07) is 4.42. The Morgan fingerprint density at radius 2 is 2.32 bits per heavy atom. The van der Waals surface area contributed by atoms with E-state index in [0.717, 1.165) is 0 Å². The van der Waals surface area contributed by atoms with Crippen LogP contribution in [0.25, 0.3) is 0 Å². The summed E-state index contributed by atoms with van der Waals surface area (Å²) in [5.74, 6) is -1.09. The van der Waals surface area contributed by atoms with Crippen molar-refractivity contribution < 1.29 is 9.18 Å². The summed E-state index contributed by atoms with van der Waals surface area (Å²) in [6.45, 7) is 1.89. The van der Waals surface area contributed by atoms with Crippen LogP contribution in [0.3, 0.4) is 0 Å². The third kappa shape index (κ3) is 2.60. The van der Waals surface area contributed by atoms with E-state index in [0.29, 0.717) is 16.6 Å². The van der Waals surface area contributed by atoms with Crippen molar-refractivity contribution in [2.45, 2.75) is 13.3 Å². The molecule has 100 valence electrons. The summed E-state index contributed by atoms with van der Waals surface area (Å²) in [7, 11) is 0. The van der Waals surface area contributed by atoms with E-state index in [2.05, 4.69) is 31.4 Å². The number of amides is 1. The first kappa shape index (κ1) is 13.5. The molecule has 0 aliphatic carbocycles. The zero-order chi connectivity index (χ0) is 14.0. The molecule has 2 rings (SSSR count). The molecule has 0 radical (unpaired) electrons. The Labute approximate surface area is 117 Å². The van der Waals surface area contributed by atoms with Gasteiger partial charge in [0.05, 0.1) is 17.1 Å². The van der Waals surface area contributed by atoms with Gasteiger partial charge in [0.15, 0.2) is 5.69 Å². The average Bonchev–Trinajstić information content (AvgIpc) is 2.75. The second-order valence-electron chi connectivity index (χ2n) is 3.87. The van der Waals surface area contributed by atoms with E-state index in [9.17, 15) is 9.18 Å². The van der Waals surface area contributed by atoms with Gasteiger partial charge in [-0.1, -0.05) is 13.0 Å². The summed E-state index contributed by atoms with van der Waals surface area (Å²) >= 11 is 3.17. The Morgan fingerprint density at radius 3 is 2.89 bits per heavy atom. The van der Waals surface area contributed by atoms with Crippen LogP contribution in [0.1, 0.15) is 23.1 Å². The molecule has 5 nitrogen and oxygen atoms in total. The van der Waals surface area contributed by atoms with Crippen LogP contribution in [0, 0.1) is 5.82 Å². The topological polar surface area (TPSA) is 83.8 Å². The van der Waals surface area contributed by atoms with Crippen molar-refractivity contribution in [1.29, 1.82) is 0 Å². The Bertz CT molecular complexity index is 606. The lowest BCUT2D eigenvalue weighted by Crippen LogP contribution is -2.15. The molecule has 1 amide bonds. The molecule has 0 atom stereocenters. The van der Waals surface area contributed by atoms with Crippen LogP contribution in [0.4, 0.5) is 15.8 Å². The van der Waals surface area contributed by atoms with Crippen molar-refractivity contribution in [3.05, 3.63) is 39.9 Å². The van der Waals surface area contributed by atoms with Crippen molar-refractivity contribution in [1.82, 2.24) is 10.2 Å². The van der Waals surface area contributed by atoms with E-state index < -0.39 is 11.7 Å². The highest BCUT2D eigenvalue weighted by molar-refractivity contribution is 9.10. The molecule has 0 saturated carbocycles. The van der Waals surface area contributed by atoms with Crippen molar-refractivity contribution in [3.8, 4) is 0 Å². The minimum atomic E-state index is -0.556. The van der Waals surface area contributed by atoms with E-state index in [-0.39, 0.29) is 17.1 Å². The van der Waals surface area contributed by atoms with Gasteiger partial charge in [-0.25, -0.2) is 4.39 Å². The molecule has 0 fully saturated rings. The third-order valence-electron chi connectivity index (χ3n) is 2.65. The van der Waals surface area contributed by atoms with Crippen molar-refractivity contribution in [2.75, 3.05) is 11.1 Å².